The van der Waals surface area contributed by atoms with Gasteiger partial charge in [0.15, 0.2) is 12.2 Å². The molecule has 97 heavy (non-hydrogen) atoms. The lowest BCUT2D eigenvalue weighted by Gasteiger charge is -2.21. The van der Waals surface area contributed by atoms with Crippen LogP contribution in [-0.2, 0) is 65.4 Å². The molecule has 0 saturated heterocycles. The van der Waals surface area contributed by atoms with E-state index < -0.39 is 97.5 Å². The van der Waals surface area contributed by atoms with E-state index in [1.807, 2.05) is 0 Å². The van der Waals surface area contributed by atoms with E-state index in [1.54, 1.807) is 0 Å². The van der Waals surface area contributed by atoms with Crippen LogP contribution in [0, 0.1) is 23.7 Å². The van der Waals surface area contributed by atoms with Crippen LogP contribution >= 0.6 is 15.6 Å². The van der Waals surface area contributed by atoms with Crippen LogP contribution in [0.5, 0.6) is 0 Å². The van der Waals surface area contributed by atoms with Crippen molar-refractivity contribution in [2.24, 2.45) is 23.7 Å². The molecule has 0 aromatic rings. The molecule has 0 amide bonds. The maximum absolute atomic E-state index is 13.1. The quantitative estimate of drug-likeness (QED) is 0.0222. The molecule has 17 nitrogen and oxygen atoms in total. The van der Waals surface area contributed by atoms with Gasteiger partial charge in [-0.15, -0.1) is 0 Å². The van der Waals surface area contributed by atoms with Crippen molar-refractivity contribution >= 4 is 39.5 Å². The molecular formula is C78H152O17P2. The summed E-state index contributed by atoms with van der Waals surface area (Å²) in [5.41, 5.74) is 0. The fourth-order valence-electron chi connectivity index (χ4n) is 11.9. The normalized spacial score (nSPS) is 14.4. The van der Waals surface area contributed by atoms with Crippen LogP contribution in [0.1, 0.15) is 396 Å². The summed E-state index contributed by atoms with van der Waals surface area (Å²) in [4.78, 5) is 72.9. The van der Waals surface area contributed by atoms with E-state index in [1.165, 1.54) is 199 Å². The summed E-state index contributed by atoms with van der Waals surface area (Å²) in [6.45, 7) is 14.2. The van der Waals surface area contributed by atoms with Gasteiger partial charge in [-0.3, -0.25) is 37.3 Å². The molecule has 0 aliphatic rings. The largest absolute Gasteiger partial charge is 0.472 e. The molecule has 3 N–H and O–H groups in total. The van der Waals surface area contributed by atoms with E-state index in [9.17, 15) is 43.2 Å². The zero-order valence-corrected chi connectivity index (χ0v) is 65.5. The minimum absolute atomic E-state index is 0.105. The van der Waals surface area contributed by atoms with Crippen molar-refractivity contribution in [2.75, 3.05) is 39.6 Å². The van der Waals surface area contributed by atoms with Crippen molar-refractivity contribution < 1.29 is 80.2 Å². The summed E-state index contributed by atoms with van der Waals surface area (Å²) in [5, 5.41) is 10.6. The van der Waals surface area contributed by atoms with Crippen LogP contribution in [0.4, 0.5) is 0 Å². The number of hydrogen-bond acceptors (Lipinski definition) is 15. The van der Waals surface area contributed by atoms with Gasteiger partial charge >= 0.3 is 39.5 Å². The number of esters is 4. The standard InChI is InChI=1S/C78H152O17P2/c1-9-71(8)57-49-41-33-27-29-35-43-51-59-76(81)89-65-74(94-77(82)60-52-44-36-24-19-17-15-13-11-10-12-14-16-18-22-30-38-46-54-68(2)3)67-93-97(86,87)91-63-72(79)62-90-96(84,85)92-66-73(64-88-75(80)58-50-42-34-28-26-32-40-48-56-70(6)7)95-78(83)61-53-45-37-25-21-20-23-31-39-47-55-69(4)5/h68-74,79H,9-67H2,1-8H3,(H,84,85)(H,86,87)/t71?,72?,73-,74-/m1/s1. The molecule has 0 spiro atoms. The monoisotopic (exact) mass is 1420 g/mol. The zero-order chi connectivity index (χ0) is 71.7. The number of ether oxygens (including phenoxy) is 4. The number of carbonyl (C=O) groups excluding carboxylic acids is 4. The van der Waals surface area contributed by atoms with Gasteiger partial charge in [0.2, 0.25) is 0 Å². The third kappa shape index (κ3) is 70.9. The van der Waals surface area contributed by atoms with Gasteiger partial charge in [-0.1, -0.05) is 344 Å². The molecule has 0 fully saturated rings. The number of phosphoric acid groups is 2. The molecule has 6 atom stereocenters. The molecule has 0 bridgehead atoms. The first-order valence-electron chi connectivity index (χ1n) is 40.2. The number of aliphatic hydroxyl groups excluding tert-OH is 1. The Labute approximate surface area is 594 Å². The number of unbranched alkanes of at least 4 members (excludes halogenated alkanes) is 40. The van der Waals surface area contributed by atoms with Crippen molar-refractivity contribution in [3.8, 4) is 0 Å². The number of carbonyl (C=O) groups is 4. The van der Waals surface area contributed by atoms with Crippen molar-refractivity contribution in [2.45, 2.75) is 414 Å². The van der Waals surface area contributed by atoms with E-state index in [0.717, 1.165) is 114 Å². The Kier molecular flexibility index (Phi) is 65.9. The van der Waals surface area contributed by atoms with Gasteiger partial charge in [0.1, 0.15) is 19.3 Å². The van der Waals surface area contributed by atoms with Crippen molar-refractivity contribution in [1.82, 2.24) is 0 Å². The molecule has 576 valence electrons. The van der Waals surface area contributed by atoms with Gasteiger partial charge in [-0.05, 0) is 49.4 Å². The van der Waals surface area contributed by atoms with Crippen molar-refractivity contribution in [1.29, 1.82) is 0 Å². The van der Waals surface area contributed by atoms with Crippen LogP contribution in [0.2, 0.25) is 0 Å². The summed E-state index contributed by atoms with van der Waals surface area (Å²) in [6, 6.07) is 0. The molecule has 0 aliphatic carbocycles. The fourth-order valence-corrected chi connectivity index (χ4v) is 13.5. The van der Waals surface area contributed by atoms with E-state index in [4.69, 9.17) is 37.0 Å². The average Bonchev–Trinajstić information content (AvgIpc) is 1.32. The Hall–Kier alpha value is -1.94. The smallest absolute Gasteiger partial charge is 0.462 e. The highest BCUT2D eigenvalue weighted by molar-refractivity contribution is 7.47. The van der Waals surface area contributed by atoms with E-state index >= 15 is 0 Å². The fraction of sp³-hybridized carbons (Fsp3) is 0.949. The second-order valence-corrected chi connectivity index (χ2v) is 32.7. The van der Waals surface area contributed by atoms with Crippen LogP contribution in [0.15, 0.2) is 0 Å². The maximum atomic E-state index is 13.1. The number of aliphatic hydroxyl groups is 1. The molecule has 0 rings (SSSR count). The maximum Gasteiger partial charge on any atom is 0.472 e. The molecular weight excluding hydrogens is 1270 g/mol. The third-order valence-corrected chi connectivity index (χ3v) is 20.3. The molecule has 19 heteroatoms. The van der Waals surface area contributed by atoms with Crippen LogP contribution < -0.4 is 0 Å². The first kappa shape index (κ1) is 95.1. The Morgan fingerprint density at radius 2 is 0.495 bits per heavy atom. The third-order valence-electron chi connectivity index (χ3n) is 18.4. The lowest BCUT2D eigenvalue weighted by atomic mass is 9.99. The molecule has 0 radical (unpaired) electrons. The summed E-state index contributed by atoms with van der Waals surface area (Å²) in [6.07, 6.45) is 52.8. The molecule has 0 heterocycles. The summed E-state index contributed by atoms with van der Waals surface area (Å²) >= 11 is 0. The van der Waals surface area contributed by atoms with E-state index in [-0.39, 0.29) is 25.7 Å². The van der Waals surface area contributed by atoms with Crippen molar-refractivity contribution in [3.63, 3.8) is 0 Å². The van der Waals surface area contributed by atoms with Gasteiger partial charge in [0, 0.05) is 25.7 Å². The topological polar surface area (TPSA) is 237 Å². The van der Waals surface area contributed by atoms with E-state index in [0.29, 0.717) is 25.7 Å². The Morgan fingerprint density at radius 3 is 0.732 bits per heavy atom. The average molecular weight is 1420 g/mol. The SMILES string of the molecule is CCC(C)CCCCCCCCCCC(=O)OC[C@H](COP(=O)(O)OCC(O)COP(=O)(O)OC[C@@H](COC(=O)CCCCCCCCCCC(C)C)OC(=O)CCCCCCCCCCCCC(C)C)OC(=O)CCCCCCCCCCCCCCCCCCCCC(C)C. The van der Waals surface area contributed by atoms with Crippen molar-refractivity contribution in [3.05, 3.63) is 0 Å². The zero-order valence-electron chi connectivity index (χ0n) is 63.7. The lowest BCUT2D eigenvalue weighted by Crippen LogP contribution is -2.30. The highest BCUT2D eigenvalue weighted by Crippen LogP contribution is 2.45. The minimum Gasteiger partial charge on any atom is -0.462 e. The lowest BCUT2D eigenvalue weighted by molar-refractivity contribution is -0.161. The van der Waals surface area contributed by atoms with Gasteiger partial charge in [-0.2, -0.15) is 0 Å². The first-order chi connectivity index (χ1) is 46.6. The number of rotatable bonds is 75. The van der Waals surface area contributed by atoms with Crippen LogP contribution in [0.25, 0.3) is 0 Å². The van der Waals surface area contributed by atoms with Gasteiger partial charge < -0.3 is 33.8 Å². The molecule has 0 aliphatic heterocycles. The minimum atomic E-state index is -4.96. The number of phosphoric ester groups is 2. The first-order valence-corrected chi connectivity index (χ1v) is 43.2. The molecule has 0 aromatic carbocycles. The second kappa shape index (κ2) is 67.2. The van der Waals surface area contributed by atoms with Gasteiger partial charge in [-0.25, -0.2) is 9.13 Å². The summed E-state index contributed by atoms with van der Waals surface area (Å²) in [7, 11) is -9.92. The van der Waals surface area contributed by atoms with Crippen LogP contribution in [-0.4, -0.2) is 96.7 Å². The predicted molar refractivity (Wildman–Crippen MR) is 395 cm³/mol. The Morgan fingerprint density at radius 1 is 0.289 bits per heavy atom. The number of hydrogen-bond donors (Lipinski definition) is 3. The summed E-state index contributed by atoms with van der Waals surface area (Å²) in [5.74, 6) is 0.956. The molecule has 4 unspecified atom stereocenters. The Balaban J connectivity index is 5.22. The van der Waals surface area contributed by atoms with Crippen LogP contribution in [0.3, 0.4) is 0 Å². The highest BCUT2D eigenvalue weighted by Gasteiger charge is 2.30. The van der Waals surface area contributed by atoms with Gasteiger partial charge in [0.05, 0.1) is 26.4 Å². The predicted octanol–water partition coefficient (Wildman–Crippen LogP) is 22.8. The molecule has 0 saturated carbocycles. The Bertz CT molecular complexity index is 1900. The highest BCUT2D eigenvalue weighted by atomic mass is 31.2. The second-order valence-electron chi connectivity index (χ2n) is 29.8. The molecule has 0 aromatic heterocycles. The summed E-state index contributed by atoms with van der Waals surface area (Å²) < 4.78 is 68.6. The van der Waals surface area contributed by atoms with E-state index in [2.05, 4.69) is 55.4 Å². The van der Waals surface area contributed by atoms with Gasteiger partial charge in [0.25, 0.3) is 0 Å².